The molecule has 0 radical (unpaired) electrons. The topological polar surface area (TPSA) is 75.4 Å². The quantitative estimate of drug-likeness (QED) is 0.654. The third-order valence-electron chi connectivity index (χ3n) is 4.82. The third kappa shape index (κ3) is 2.55. The molecular formula is C15H20N2O3. The fourth-order valence-corrected chi connectivity index (χ4v) is 3.78. The molecular weight excluding hydrogens is 256 g/mol. The highest BCUT2D eigenvalue weighted by molar-refractivity contribution is 5.35. The molecule has 4 atom stereocenters. The van der Waals surface area contributed by atoms with Crippen LogP contribution < -0.4 is 5.32 Å². The minimum Gasteiger partial charge on any atom is -0.388 e. The number of nitrogens with zero attached hydrogens (tertiary/aromatic N) is 1. The van der Waals surface area contributed by atoms with Gasteiger partial charge in [-0.2, -0.15) is 0 Å². The van der Waals surface area contributed by atoms with Crippen molar-refractivity contribution in [1.29, 1.82) is 0 Å². The summed E-state index contributed by atoms with van der Waals surface area (Å²) >= 11 is 0. The summed E-state index contributed by atoms with van der Waals surface area (Å²) < 4.78 is 0. The van der Waals surface area contributed by atoms with Crippen LogP contribution in [0.25, 0.3) is 0 Å². The fourth-order valence-electron chi connectivity index (χ4n) is 3.78. The number of hydrogen-bond acceptors (Lipinski definition) is 4. The monoisotopic (exact) mass is 276 g/mol. The van der Waals surface area contributed by atoms with E-state index in [0.29, 0.717) is 23.9 Å². The van der Waals surface area contributed by atoms with E-state index in [2.05, 4.69) is 5.32 Å². The summed E-state index contributed by atoms with van der Waals surface area (Å²) in [7, 11) is 0. The summed E-state index contributed by atoms with van der Waals surface area (Å²) in [6.45, 7) is 1.05. The number of fused-ring (bicyclic) bond motifs is 1. The van der Waals surface area contributed by atoms with E-state index in [1.54, 1.807) is 12.1 Å². The van der Waals surface area contributed by atoms with Crippen LogP contribution in [0.5, 0.6) is 0 Å². The summed E-state index contributed by atoms with van der Waals surface area (Å²) in [5.74, 6) is 1.43. The predicted octanol–water partition coefficient (Wildman–Crippen LogP) is 2.41. The number of aliphatic hydroxyl groups is 1. The molecule has 1 saturated heterocycles. The molecule has 0 amide bonds. The summed E-state index contributed by atoms with van der Waals surface area (Å²) in [6.07, 6.45) is 3.83. The number of nitro benzene ring substituents is 1. The molecule has 1 saturated carbocycles. The van der Waals surface area contributed by atoms with Gasteiger partial charge in [-0.3, -0.25) is 10.1 Å². The van der Waals surface area contributed by atoms with Crippen LogP contribution in [0.2, 0.25) is 0 Å². The van der Waals surface area contributed by atoms with Gasteiger partial charge in [0.15, 0.2) is 0 Å². The van der Waals surface area contributed by atoms with Crippen molar-refractivity contribution in [3.8, 4) is 0 Å². The molecule has 5 nitrogen and oxygen atoms in total. The molecule has 5 heteroatoms. The van der Waals surface area contributed by atoms with Crippen LogP contribution in [0.15, 0.2) is 24.3 Å². The van der Waals surface area contributed by atoms with Crippen molar-refractivity contribution in [2.75, 3.05) is 6.54 Å². The smallest absolute Gasteiger partial charge is 0.269 e. The number of aliphatic hydroxyl groups excluding tert-OH is 1. The highest BCUT2D eigenvalue weighted by Gasteiger charge is 2.39. The van der Waals surface area contributed by atoms with Gasteiger partial charge >= 0.3 is 0 Å². The fraction of sp³-hybridized carbons (Fsp3) is 0.600. The maximum Gasteiger partial charge on any atom is 0.269 e. The van der Waals surface area contributed by atoms with Crippen LogP contribution >= 0.6 is 0 Å². The van der Waals surface area contributed by atoms with Crippen LogP contribution in [0.3, 0.4) is 0 Å². The van der Waals surface area contributed by atoms with Crippen molar-refractivity contribution in [2.24, 2.45) is 11.8 Å². The molecule has 0 spiro atoms. The van der Waals surface area contributed by atoms with Crippen molar-refractivity contribution in [2.45, 2.75) is 37.8 Å². The Hall–Kier alpha value is -1.46. The molecule has 1 heterocycles. The lowest BCUT2D eigenvalue weighted by Gasteiger charge is -2.21. The van der Waals surface area contributed by atoms with E-state index in [9.17, 15) is 15.2 Å². The summed E-state index contributed by atoms with van der Waals surface area (Å²) in [6, 6.07) is 6.68. The second kappa shape index (κ2) is 5.50. The van der Waals surface area contributed by atoms with Gasteiger partial charge in [-0.15, -0.1) is 0 Å². The zero-order valence-corrected chi connectivity index (χ0v) is 11.4. The minimum absolute atomic E-state index is 0.0414. The predicted molar refractivity (Wildman–Crippen MR) is 75.3 cm³/mol. The molecule has 1 aliphatic heterocycles. The average molecular weight is 276 g/mol. The third-order valence-corrected chi connectivity index (χ3v) is 4.82. The first-order chi connectivity index (χ1) is 9.65. The minimum atomic E-state index is -0.633. The molecule has 1 aromatic carbocycles. The van der Waals surface area contributed by atoms with E-state index >= 15 is 0 Å². The Morgan fingerprint density at radius 1 is 1.45 bits per heavy atom. The van der Waals surface area contributed by atoms with Gasteiger partial charge in [-0.25, -0.2) is 0 Å². The Labute approximate surface area is 118 Å². The molecule has 108 valence electrons. The molecule has 1 aliphatic carbocycles. The summed E-state index contributed by atoms with van der Waals surface area (Å²) in [5.41, 5.74) is 0.683. The van der Waals surface area contributed by atoms with Gasteiger partial charge in [-0.05, 0) is 43.2 Å². The molecule has 2 N–H and O–H groups in total. The Morgan fingerprint density at radius 2 is 2.30 bits per heavy atom. The van der Waals surface area contributed by atoms with Gasteiger partial charge in [0.05, 0.1) is 11.0 Å². The molecule has 20 heavy (non-hydrogen) atoms. The Bertz CT molecular complexity index is 506. The second-order valence-corrected chi connectivity index (χ2v) is 5.97. The number of benzene rings is 1. The van der Waals surface area contributed by atoms with Crippen molar-refractivity contribution >= 4 is 5.69 Å². The van der Waals surface area contributed by atoms with E-state index in [-0.39, 0.29) is 5.69 Å². The largest absolute Gasteiger partial charge is 0.388 e. The molecule has 4 unspecified atom stereocenters. The average Bonchev–Trinajstić information content (AvgIpc) is 3.04. The number of hydrogen-bond donors (Lipinski definition) is 2. The number of rotatable bonds is 4. The number of nitro groups is 1. The van der Waals surface area contributed by atoms with Gasteiger partial charge in [-0.1, -0.05) is 18.6 Å². The van der Waals surface area contributed by atoms with Crippen molar-refractivity contribution in [1.82, 2.24) is 5.32 Å². The zero-order valence-electron chi connectivity index (χ0n) is 11.4. The van der Waals surface area contributed by atoms with E-state index in [4.69, 9.17) is 0 Å². The second-order valence-electron chi connectivity index (χ2n) is 5.97. The van der Waals surface area contributed by atoms with Crippen molar-refractivity contribution in [3.63, 3.8) is 0 Å². The van der Waals surface area contributed by atoms with E-state index in [0.717, 1.165) is 12.5 Å². The Balaban J connectivity index is 1.68. The lowest BCUT2D eigenvalue weighted by molar-refractivity contribution is -0.385. The van der Waals surface area contributed by atoms with E-state index in [1.807, 2.05) is 0 Å². The Kier molecular flexibility index (Phi) is 3.72. The highest BCUT2D eigenvalue weighted by Crippen LogP contribution is 2.40. The van der Waals surface area contributed by atoms with Gasteiger partial charge in [0, 0.05) is 18.2 Å². The van der Waals surface area contributed by atoms with Crippen molar-refractivity contribution < 1.29 is 10.0 Å². The molecule has 0 aromatic heterocycles. The molecule has 0 bridgehead atoms. The zero-order chi connectivity index (χ0) is 14.1. The maximum absolute atomic E-state index is 10.8. The van der Waals surface area contributed by atoms with Gasteiger partial charge in [0.25, 0.3) is 5.69 Å². The molecule has 2 fully saturated rings. The Morgan fingerprint density at radius 3 is 3.10 bits per heavy atom. The standard InChI is InChI=1S/C15H20N2O3/c18-15(10-3-1-5-12(7-10)17(19)20)8-14-13-6-2-4-11(13)9-16-14/h1,3,5,7,11,13-16,18H,2,4,6,8-9H2. The normalized spacial score (nSPS) is 30.1. The summed E-state index contributed by atoms with van der Waals surface area (Å²) in [4.78, 5) is 10.4. The molecule has 3 rings (SSSR count). The highest BCUT2D eigenvalue weighted by atomic mass is 16.6. The van der Waals surface area contributed by atoms with Crippen LogP contribution in [0.1, 0.15) is 37.4 Å². The first kappa shape index (κ1) is 13.5. The number of nitrogens with one attached hydrogen (secondary N) is 1. The van der Waals surface area contributed by atoms with Gasteiger partial charge in [0.1, 0.15) is 0 Å². The van der Waals surface area contributed by atoms with Crippen LogP contribution in [-0.4, -0.2) is 22.6 Å². The molecule has 2 aliphatic rings. The lowest BCUT2D eigenvalue weighted by Crippen LogP contribution is -2.28. The van der Waals surface area contributed by atoms with E-state index in [1.165, 1.54) is 31.4 Å². The van der Waals surface area contributed by atoms with Crippen molar-refractivity contribution in [3.05, 3.63) is 39.9 Å². The van der Waals surface area contributed by atoms with Crippen LogP contribution in [0.4, 0.5) is 5.69 Å². The lowest BCUT2D eigenvalue weighted by atomic mass is 9.89. The first-order valence-electron chi connectivity index (χ1n) is 7.31. The summed E-state index contributed by atoms with van der Waals surface area (Å²) in [5, 5.41) is 24.6. The first-order valence-corrected chi connectivity index (χ1v) is 7.31. The van der Waals surface area contributed by atoms with E-state index < -0.39 is 11.0 Å². The van der Waals surface area contributed by atoms with Gasteiger partial charge < -0.3 is 10.4 Å². The van der Waals surface area contributed by atoms with Gasteiger partial charge in [0.2, 0.25) is 0 Å². The van der Waals surface area contributed by atoms with Crippen LogP contribution in [-0.2, 0) is 0 Å². The number of non-ortho nitro benzene ring substituents is 1. The maximum atomic E-state index is 10.8. The SMILES string of the molecule is O=[N+]([O-])c1cccc(C(O)CC2NCC3CCCC32)c1. The van der Waals surface area contributed by atoms with Crippen LogP contribution in [0, 0.1) is 22.0 Å². The molecule has 1 aromatic rings.